The summed E-state index contributed by atoms with van der Waals surface area (Å²) in [6.07, 6.45) is 3.10. The molecule has 1 aromatic rings. The molecule has 0 N–H and O–H groups in total. The van der Waals surface area contributed by atoms with Gasteiger partial charge in [-0.3, -0.25) is 0 Å². The lowest BCUT2D eigenvalue weighted by atomic mass is 9.93. The zero-order valence-electron chi connectivity index (χ0n) is 13.6. The Labute approximate surface area is 132 Å². The van der Waals surface area contributed by atoms with Crippen LogP contribution in [-0.4, -0.2) is 46.7 Å². The number of hydrogen-bond acceptors (Lipinski definition) is 5. The number of rotatable bonds is 6. The van der Waals surface area contributed by atoms with Gasteiger partial charge in [0.1, 0.15) is 0 Å². The fourth-order valence-electron chi connectivity index (χ4n) is 2.91. The predicted molar refractivity (Wildman–Crippen MR) is 85.1 cm³/mol. The monoisotopic (exact) mass is 307 g/mol. The molecule has 0 amide bonds. The fourth-order valence-corrected chi connectivity index (χ4v) is 2.91. The first-order valence-electron chi connectivity index (χ1n) is 7.66. The Bertz CT molecular complexity index is 462. The van der Waals surface area contributed by atoms with E-state index in [2.05, 4.69) is 4.90 Å². The van der Waals surface area contributed by atoms with Crippen LogP contribution in [0.5, 0.6) is 0 Å². The second-order valence-corrected chi connectivity index (χ2v) is 5.61. The number of hydrogen-bond donors (Lipinski definition) is 0. The van der Waals surface area contributed by atoms with Gasteiger partial charge in [0, 0.05) is 39.4 Å². The molecule has 122 valence electrons. The molecule has 0 spiro atoms. The van der Waals surface area contributed by atoms with Crippen molar-refractivity contribution in [3.8, 4) is 0 Å². The zero-order chi connectivity index (χ0) is 15.9. The Morgan fingerprint density at radius 3 is 2.23 bits per heavy atom. The molecule has 0 aromatic heterocycles. The van der Waals surface area contributed by atoms with Crippen LogP contribution < -0.4 is 4.90 Å². The van der Waals surface area contributed by atoms with Crippen LogP contribution in [-0.2, 0) is 14.2 Å². The van der Waals surface area contributed by atoms with Gasteiger partial charge >= 0.3 is 5.97 Å². The highest BCUT2D eigenvalue weighted by atomic mass is 16.7. The van der Waals surface area contributed by atoms with E-state index >= 15 is 0 Å². The van der Waals surface area contributed by atoms with Crippen molar-refractivity contribution >= 4 is 11.7 Å². The third kappa shape index (κ3) is 4.21. The van der Waals surface area contributed by atoms with Crippen molar-refractivity contribution in [1.29, 1.82) is 0 Å². The number of esters is 1. The van der Waals surface area contributed by atoms with Crippen LogP contribution in [0, 0.1) is 5.92 Å². The number of carbonyl (C=O) groups excluding carboxylic acids is 1. The lowest BCUT2D eigenvalue weighted by Gasteiger charge is -2.34. The second-order valence-electron chi connectivity index (χ2n) is 5.61. The van der Waals surface area contributed by atoms with Gasteiger partial charge in [-0.25, -0.2) is 4.79 Å². The smallest absolute Gasteiger partial charge is 0.337 e. The SMILES string of the molecule is COC(=O)c1ccc(N2CCC(CC(OC)OC)CC2)cc1. The van der Waals surface area contributed by atoms with Crippen molar-refractivity contribution in [3.05, 3.63) is 29.8 Å². The lowest BCUT2D eigenvalue weighted by molar-refractivity contribution is -0.115. The van der Waals surface area contributed by atoms with Crippen molar-refractivity contribution < 1.29 is 19.0 Å². The van der Waals surface area contributed by atoms with Crippen LogP contribution in [0.4, 0.5) is 5.69 Å². The third-order valence-electron chi connectivity index (χ3n) is 4.32. The van der Waals surface area contributed by atoms with Crippen LogP contribution in [0.2, 0.25) is 0 Å². The largest absolute Gasteiger partial charge is 0.465 e. The first kappa shape index (κ1) is 16.8. The molecule has 0 radical (unpaired) electrons. The summed E-state index contributed by atoms with van der Waals surface area (Å²) < 4.78 is 15.3. The average molecular weight is 307 g/mol. The molecule has 1 saturated heterocycles. The summed E-state index contributed by atoms with van der Waals surface area (Å²) in [4.78, 5) is 13.8. The molecule has 5 heteroatoms. The molecule has 1 fully saturated rings. The minimum atomic E-state index is -0.296. The third-order valence-corrected chi connectivity index (χ3v) is 4.32. The summed E-state index contributed by atoms with van der Waals surface area (Å²) in [6, 6.07) is 7.61. The normalized spacial score (nSPS) is 16.1. The molecule has 1 aliphatic rings. The van der Waals surface area contributed by atoms with Gasteiger partial charge in [-0.2, -0.15) is 0 Å². The van der Waals surface area contributed by atoms with Gasteiger partial charge < -0.3 is 19.1 Å². The molecular weight excluding hydrogens is 282 g/mol. The van der Waals surface area contributed by atoms with E-state index in [4.69, 9.17) is 14.2 Å². The highest BCUT2D eigenvalue weighted by Crippen LogP contribution is 2.27. The molecule has 1 heterocycles. The first-order chi connectivity index (χ1) is 10.7. The van der Waals surface area contributed by atoms with Gasteiger partial charge in [0.15, 0.2) is 6.29 Å². The van der Waals surface area contributed by atoms with Crippen molar-refractivity contribution in [2.24, 2.45) is 5.92 Å². The maximum absolute atomic E-state index is 11.4. The van der Waals surface area contributed by atoms with Gasteiger partial charge in [-0.15, -0.1) is 0 Å². The summed E-state index contributed by atoms with van der Waals surface area (Å²) in [5.41, 5.74) is 1.74. The summed E-state index contributed by atoms with van der Waals surface area (Å²) in [5, 5.41) is 0. The zero-order valence-corrected chi connectivity index (χ0v) is 13.6. The van der Waals surface area contributed by atoms with E-state index in [1.165, 1.54) is 7.11 Å². The van der Waals surface area contributed by atoms with Crippen LogP contribution in [0.3, 0.4) is 0 Å². The average Bonchev–Trinajstić information content (AvgIpc) is 2.59. The molecule has 0 atom stereocenters. The Kier molecular flexibility index (Phi) is 6.21. The van der Waals surface area contributed by atoms with Crippen molar-refractivity contribution in [2.75, 3.05) is 39.3 Å². The minimum Gasteiger partial charge on any atom is -0.465 e. The molecule has 0 aliphatic carbocycles. The molecule has 22 heavy (non-hydrogen) atoms. The van der Waals surface area contributed by atoms with Crippen LogP contribution in [0.1, 0.15) is 29.6 Å². The molecule has 1 aliphatic heterocycles. The fraction of sp³-hybridized carbons (Fsp3) is 0.588. The Morgan fingerprint density at radius 1 is 1.14 bits per heavy atom. The number of nitrogens with zero attached hydrogens (tertiary/aromatic N) is 1. The van der Waals surface area contributed by atoms with E-state index < -0.39 is 0 Å². The van der Waals surface area contributed by atoms with Gasteiger partial charge in [0.2, 0.25) is 0 Å². The molecular formula is C17H25NO4. The van der Waals surface area contributed by atoms with Crippen LogP contribution >= 0.6 is 0 Å². The Morgan fingerprint density at radius 2 is 1.73 bits per heavy atom. The lowest BCUT2D eigenvalue weighted by Crippen LogP contribution is -2.35. The van der Waals surface area contributed by atoms with E-state index in [0.29, 0.717) is 11.5 Å². The maximum Gasteiger partial charge on any atom is 0.337 e. The number of benzene rings is 1. The molecule has 1 aromatic carbocycles. The number of carbonyl (C=O) groups is 1. The summed E-state index contributed by atoms with van der Waals surface area (Å²) >= 11 is 0. The van der Waals surface area contributed by atoms with Crippen molar-refractivity contribution in [3.63, 3.8) is 0 Å². The van der Waals surface area contributed by atoms with Gasteiger partial charge in [0.05, 0.1) is 12.7 Å². The van der Waals surface area contributed by atoms with E-state index in [0.717, 1.165) is 38.0 Å². The van der Waals surface area contributed by atoms with Gasteiger partial charge in [-0.1, -0.05) is 0 Å². The topological polar surface area (TPSA) is 48.0 Å². The molecule has 0 bridgehead atoms. The van der Waals surface area contributed by atoms with Crippen molar-refractivity contribution in [1.82, 2.24) is 0 Å². The van der Waals surface area contributed by atoms with Gasteiger partial charge in [-0.05, 0) is 43.0 Å². The highest BCUT2D eigenvalue weighted by molar-refractivity contribution is 5.89. The van der Waals surface area contributed by atoms with Crippen molar-refractivity contribution in [2.45, 2.75) is 25.6 Å². The molecule has 0 unspecified atom stereocenters. The summed E-state index contributed by atoms with van der Waals surface area (Å²) in [5.74, 6) is 0.339. The summed E-state index contributed by atoms with van der Waals surface area (Å²) in [6.45, 7) is 2.03. The quantitative estimate of drug-likeness (QED) is 0.597. The van der Waals surface area contributed by atoms with Crippen LogP contribution in [0.25, 0.3) is 0 Å². The predicted octanol–water partition coefficient (Wildman–Crippen LogP) is 2.70. The highest BCUT2D eigenvalue weighted by Gasteiger charge is 2.22. The second kappa shape index (κ2) is 8.15. The molecule has 0 saturated carbocycles. The van der Waals surface area contributed by atoms with E-state index in [-0.39, 0.29) is 12.3 Å². The van der Waals surface area contributed by atoms with E-state index in [1.54, 1.807) is 14.2 Å². The number of piperidine rings is 1. The Hall–Kier alpha value is -1.59. The standard InChI is InChI=1S/C17H25NO4/c1-20-16(21-2)12-13-8-10-18(11-9-13)15-6-4-14(5-7-15)17(19)22-3/h4-7,13,16H,8-12H2,1-3H3. The van der Waals surface area contributed by atoms with Crippen LogP contribution in [0.15, 0.2) is 24.3 Å². The van der Waals surface area contributed by atoms with E-state index in [1.807, 2.05) is 24.3 Å². The maximum atomic E-state index is 11.4. The molecule has 5 nitrogen and oxygen atoms in total. The Balaban J connectivity index is 1.87. The van der Waals surface area contributed by atoms with E-state index in [9.17, 15) is 4.79 Å². The minimum absolute atomic E-state index is 0.101. The number of anilines is 1. The number of methoxy groups -OCH3 is 3. The van der Waals surface area contributed by atoms with Gasteiger partial charge in [0.25, 0.3) is 0 Å². The molecule has 2 rings (SSSR count). The summed E-state index contributed by atoms with van der Waals surface area (Å²) in [7, 11) is 4.77. The number of ether oxygens (including phenoxy) is 3. The first-order valence-corrected chi connectivity index (χ1v) is 7.66.